The van der Waals surface area contributed by atoms with E-state index < -0.39 is 59.2 Å². The van der Waals surface area contributed by atoms with Crippen LogP contribution >= 0.6 is 0 Å². The Kier molecular flexibility index (Phi) is 12.2. The van der Waals surface area contributed by atoms with E-state index in [1.807, 2.05) is 54.5 Å². The Morgan fingerprint density at radius 1 is 1.02 bits per heavy atom. The quantitative estimate of drug-likeness (QED) is 0.179. The summed E-state index contributed by atoms with van der Waals surface area (Å²) in [6.07, 6.45) is 5.18. The van der Waals surface area contributed by atoms with Gasteiger partial charge in [-0.15, -0.1) is 0 Å². The van der Waals surface area contributed by atoms with Gasteiger partial charge in [0.1, 0.15) is 29.7 Å². The summed E-state index contributed by atoms with van der Waals surface area (Å²) in [5, 5.41) is 16.2. The van der Waals surface area contributed by atoms with E-state index in [9.17, 15) is 24.0 Å². The number of rotatable bonds is 14. The minimum absolute atomic E-state index is 0.000418. The van der Waals surface area contributed by atoms with Crippen molar-refractivity contribution in [3.63, 3.8) is 0 Å². The molecule has 15 heteroatoms. The van der Waals surface area contributed by atoms with Crippen LogP contribution in [0, 0.1) is 10.8 Å². The zero-order valence-electron chi connectivity index (χ0n) is 32.5. The SMILES string of the molecule is CCCC(NC(=O)[C@@H]1C[C@@H](Oc2cc(-n3cccn3)nc3cc(OC)ccc23)CN1C(=O)[C@@H](NC(=O)NCC(C)(C)C)C(C)(C)C)C(=O)C(=O)NC1CC1. The van der Waals surface area contributed by atoms with Crippen molar-refractivity contribution >= 4 is 40.4 Å². The number of methoxy groups -OCH3 is 1. The zero-order valence-corrected chi connectivity index (χ0v) is 32.5. The third-order valence-electron chi connectivity index (χ3n) is 9.36. The number of aromatic nitrogens is 3. The number of pyridine rings is 1. The van der Waals surface area contributed by atoms with Crippen LogP contribution in [0.15, 0.2) is 42.7 Å². The first kappa shape index (κ1) is 40.0. The Bertz CT molecular complexity index is 1850. The number of carbonyl (C=O) groups is 5. The van der Waals surface area contributed by atoms with Gasteiger partial charge in [0.05, 0.1) is 25.2 Å². The number of benzene rings is 1. The maximum Gasteiger partial charge on any atom is 0.315 e. The summed E-state index contributed by atoms with van der Waals surface area (Å²) in [5.74, 6) is -0.992. The van der Waals surface area contributed by atoms with Crippen molar-refractivity contribution < 1.29 is 33.4 Å². The van der Waals surface area contributed by atoms with Gasteiger partial charge in [0.15, 0.2) is 5.82 Å². The number of urea groups is 1. The number of hydrogen-bond donors (Lipinski definition) is 4. The van der Waals surface area contributed by atoms with E-state index in [-0.39, 0.29) is 30.8 Å². The largest absolute Gasteiger partial charge is 0.497 e. The fraction of sp³-hybridized carbons (Fsp3) is 0.564. The number of amides is 5. The monoisotopic (exact) mass is 746 g/mol. The molecule has 4 atom stereocenters. The van der Waals surface area contributed by atoms with Gasteiger partial charge in [-0.2, -0.15) is 5.10 Å². The van der Waals surface area contributed by atoms with Crippen LogP contribution in [0.2, 0.25) is 0 Å². The maximum absolute atomic E-state index is 14.6. The van der Waals surface area contributed by atoms with E-state index in [1.165, 1.54) is 4.90 Å². The molecular formula is C39H54N8O7. The van der Waals surface area contributed by atoms with Gasteiger partial charge in [-0.3, -0.25) is 19.2 Å². The van der Waals surface area contributed by atoms with Crippen molar-refractivity contribution in [3.8, 4) is 17.3 Å². The molecule has 1 saturated carbocycles. The number of likely N-dealkylation sites (tertiary alicyclic amines) is 1. The predicted octanol–water partition coefficient (Wildman–Crippen LogP) is 3.67. The van der Waals surface area contributed by atoms with Gasteiger partial charge in [0, 0.05) is 48.9 Å². The molecule has 2 aromatic heterocycles. The molecule has 0 bridgehead atoms. The van der Waals surface area contributed by atoms with Crippen molar-refractivity contribution in [2.24, 2.45) is 10.8 Å². The van der Waals surface area contributed by atoms with Crippen molar-refractivity contribution in [2.45, 2.75) is 111 Å². The molecule has 4 N–H and O–H groups in total. The first-order valence-electron chi connectivity index (χ1n) is 18.6. The summed E-state index contributed by atoms with van der Waals surface area (Å²) in [5.41, 5.74) is -0.360. The second kappa shape index (κ2) is 16.4. The van der Waals surface area contributed by atoms with Crippen molar-refractivity contribution in [2.75, 3.05) is 20.2 Å². The number of hydrogen-bond acceptors (Lipinski definition) is 9. The first-order chi connectivity index (χ1) is 25.5. The lowest BCUT2D eigenvalue weighted by molar-refractivity contribution is -0.144. The highest BCUT2D eigenvalue weighted by Crippen LogP contribution is 2.34. The van der Waals surface area contributed by atoms with E-state index >= 15 is 0 Å². The zero-order chi connectivity index (χ0) is 39.4. The lowest BCUT2D eigenvalue weighted by Gasteiger charge is -2.35. The smallest absolute Gasteiger partial charge is 0.315 e. The highest BCUT2D eigenvalue weighted by atomic mass is 16.5. The van der Waals surface area contributed by atoms with Crippen molar-refractivity contribution in [1.82, 2.24) is 40.9 Å². The van der Waals surface area contributed by atoms with Gasteiger partial charge in [-0.25, -0.2) is 14.5 Å². The number of nitrogens with one attached hydrogen (secondary N) is 4. The molecule has 1 aromatic carbocycles. The fourth-order valence-corrected chi connectivity index (χ4v) is 6.27. The Morgan fingerprint density at radius 2 is 1.76 bits per heavy atom. The number of carbonyl (C=O) groups excluding carboxylic acids is 5. The van der Waals surface area contributed by atoms with E-state index in [0.29, 0.717) is 41.2 Å². The number of Topliss-reactive ketones (excluding diaryl/α,β-unsaturated/α-hetero) is 1. The summed E-state index contributed by atoms with van der Waals surface area (Å²) in [6.45, 7) is 13.7. The molecule has 2 fully saturated rings. The summed E-state index contributed by atoms with van der Waals surface area (Å²) >= 11 is 0. The van der Waals surface area contributed by atoms with Gasteiger partial charge >= 0.3 is 6.03 Å². The Balaban J connectivity index is 1.47. The van der Waals surface area contributed by atoms with Crippen LogP contribution in [-0.2, 0) is 19.2 Å². The number of ether oxygens (including phenoxy) is 2. The van der Waals surface area contributed by atoms with Crippen LogP contribution in [0.5, 0.6) is 11.5 Å². The highest BCUT2D eigenvalue weighted by molar-refractivity contribution is 6.38. The molecule has 1 saturated heterocycles. The van der Waals surface area contributed by atoms with Crippen molar-refractivity contribution in [3.05, 3.63) is 42.7 Å². The normalized spacial score (nSPS) is 18.4. The summed E-state index contributed by atoms with van der Waals surface area (Å²) in [4.78, 5) is 74.1. The van der Waals surface area contributed by atoms with E-state index in [1.54, 1.807) is 48.5 Å². The molecule has 292 valence electrons. The molecule has 15 nitrogen and oxygen atoms in total. The Labute approximate surface area is 316 Å². The topological polar surface area (TPSA) is 186 Å². The van der Waals surface area contributed by atoms with Crippen LogP contribution < -0.4 is 30.7 Å². The molecule has 1 unspecified atom stereocenters. The molecule has 3 aromatic rings. The molecule has 5 amide bonds. The highest BCUT2D eigenvalue weighted by Gasteiger charge is 2.46. The fourth-order valence-electron chi connectivity index (χ4n) is 6.27. The lowest BCUT2D eigenvalue weighted by Crippen LogP contribution is -2.60. The van der Waals surface area contributed by atoms with Crippen LogP contribution in [0.4, 0.5) is 4.79 Å². The summed E-state index contributed by atoms with van der Waals surface area (Å²) in [7, 11) is 1.57. The molecular weight excluding hydrogens is 692 g/mol. The van der Waals surface area contributed by atoms with E-state index in [4.69, 9.17) is 14.5 Å². The first-order valence-corrected chi connectivity index (χ1v) is 18.6. The molecule has 54 heavy (non-hydrogen) atoms. The number of ketones is 1. The summed E-state index contributed by atoms with van der Waals surface area (Å²) < 4.78 is 13.7. The van der Waals surface area contributed by atoms with Gasteiger partial charge in [-0.05, 0) is 48.3 Å². The second-order valence-electron chi connectivity index (χ2n) is 16.4. The molecule has 0 spiro atoms. The average Bonchev–Trinajstić information content (AvgIpc) is 3.55. The predicted molar refractivity (Wildman–Crippen MR) is 202 cm³/mol. The molecule has 1 aliphatic heterocycles. The van der Waals surface area contributed by atoms with Crippen LogP contribution in [-0.4, -0.2) is 99.7 Å². The molecule has 1 aliphatic carbocycles. The molecule has 3 heterocycles. The average molecular weight is 747 g/mol. The second-order valence-corrected chi connectivity index (χ2v) is 16.4. The Hall–Kier alpha value is -5.21. The number of nitrogens with zero attached hydrogens (tertiary/aromatic N) is 4. The van der Waals surface area contributed by atoms with E-state index in [2.05, 4.69) is 26.4 Å². The van der Waals surface area contributed by atoms with Crippen LogP contribution in [0.1, 0.15) is 80.6 Å². The minimum Gasteiger partial charge on any atom is -0.497 e. The van der Waals surface area contributed by atoms with Crippen LogP contribution in [0.3, 0.4) is 0 Å². The van der Waals surface area contributed by atoms with E-state index in [0.717, 1.165) is 12.8 Å². The molecule has 0 radical (unpaired) electrons. The third-order valence-corrected chi connectivity index (χ3v) is 9.36. The van der Waals surface area contributed by atoms with Gasteiger partial charge in [0.2, 0.25) is 17.6 Å². The van der Waals surface area contributed by atoms with Gasteiger partial charge in [-0.1, -0.05) is 54.9 Å². The molecule has 2 aliphatic rings. The standard InChI is InChI=1S/C39H54N8O7/c1-9-11-27(32(48)35(50)42-23-12-13-23)44-34(49)29-19-25(21-46(29)36(51)33(39(5,6)7)45-37(52)40-22-38(2,3)4)54-30-20-31(47-17-10-16-41-47)43-28-18-24(53-8)14-15-26(28)30/h10,14-18,20,23,25,27,29,33H,9,11-13,19,21-22H2,1-8H3,(H,42,50)(H,44,49)(H2,40,45,52)/t25-,27?,29+,33-/m1/s1. The third kappa shape index (κ3) is 10.1. The van der Waals surface area contributed by atoms with Gasteiger partial charge in [0.25, 0.3) is 5.91 Å². The van der Waals surface area contributed by atoms with Crippen LogP contribution in [0.25, 0.3) is 16.7 Å². The lowest BCUT2D eigenvalue weighted by atomic mass is 9.85. The maximum atomic E-state index is 14.6. The van der Waals surface area contributed by atoms with Gasteiger partial charge < -0.3 is 35.6 Å². The number of fused-ring (bicyclic) bond motifs is 1. The minimum atomic E-state index is -1.08. The Morgan fingerprint density at radius 3 is 2.37 bits per heavy atom. The molecule has 5 rings (SSSR count). The van der Waals surface area contributed by atoms with Crippen molar-refractivity contribution in [1.29, 1.82) is 0 Å². The summed E-state index contributed by atoms with van der Waals surface area (Å²) in [6, 6.07) is 5.21.